The second-order valence-electron chi connectivity index (χ2n) is 6.50. The lowest BCUT2D eigenvalue weighted by atomic mass is 9.72. The lowest BCUT2D eigenvalue weighted by Crippen LogP contribution is -2.51. The summed E-state index contributed by atoms with van der Waals surface area (Å²) in [5, 5.41) is 0.692. The Morgan fingerprint density at radius 2 is 2.05 bits per heavy atom. The Kier molecular flexibility index (Phi) is 5.91. The molecule has 0 heterocycles. The normalized spacial score (nSPS) is 28.9. The third-order valence-electron chi connectivity index (χ3n) is 4.96. The van der Waals surface area contributed by atoms with Crippen LogP contribution in [-0.2, 0) is 0 Å². The van der Waals surface area contributed by atoms with Gasteiger partial charge in [0.05, 0.1) is 6.04 Å². The van der Waals surface area contributed by atoms with E-state index in [2.05, 4.69) is 26.2 Å². The molecule has 5 atom stereocenters. The Hall–Kier alpha value is -0.770. The van der Waals surface area contributed by atoms with Crippen LogP contribution in [0.2, 0.25) is 5.02 Å². The third kappa shape index (κ3) is 4.35. The minimum Gasteiger partial charge on any atom is -0.489 e. The SMILES string of the molecule is CC1CCC(C(NN)C(C)Oc2cccc(Cl)c2)CC1C. The van der Waals surface area contributed by atoms with E-state index in [0.717, 1.165) is 17.6 Å². The van der Waals surface area contributed by atoms with Gasteiger partial charge in [-0.05, 0) is 55.7 Å². The maximum Gasteiger partial charge on any atom is 0.121 e. The van der Waals surface area contributed by atoms with Crippen molar-refractivity contribution in [1.29, 1.82) is 0 Å². The molecule has 21 heavy (non-hydrogen) atoms. The molecule has 1 aromatic carbocycles. The van der Waals surface area contributed by atoms with Gasteiger partial charge >= 0.3 is 0 Å². The van der Waals surface area contributed by atoms with Crippen molar-refractivity contribution in [3.63, 3.8) is 0 Å². The molecule has 1 fully saturated rings. The molecular weight excluding hydrogens is 284 g/mol. The van der Waals surface area contributed by atoms with E-state index in [1.54, 1.807) is 0 Å². The van der Waals surface area contributed by atoms with Crippen LogP contribution in [0.1, 0.15) is 40.0 Å². The Labute approximate surface area is 133 Å². The Bertz CT molecular complexity index is 454. The highest BCUT2D eigenvalue weighted by Crippen LogP contribution is 2.36. The van der Waals surface area contributed by atoms with Crippen LogP contribution in [0.3, 0.4) is 0 Å². The summed E-state index contributed by atoms with van der Waals surface area (Å²) < 4.78 is 6.04. The highest BCUT2D eigenvalue weighted by Gasteiger charge is 2.33. The van der Waals surface area contributed by atoms with Crippen molar-refractivity contribution in [3.05, 3.63) is 29.3 Å². The summed E-state index contributed by atoms with van der Waals surface area (Å²) in [6.45, 7) is 6.76. The number of hydrogen-bond donors (Lipinski definition) is 2. The van der Waals surface area contributed by atoms with Crippen molar-refractivity contribution in [2.45, 2.75) is 52.2 Å². The molecule has 5 unspecified atom stereocenters. The molecule has 3 nitrogen and oxygen atoms in total. The number of benzene rings is 1. The summed E-state index contributed by atoms with van der Waals surface area (Å²) in [5.41, 5.74) is 2.98. The summed E-state index contributed by atoms with van der Waals surface area (Å²) in [5.74, 6) is 8.73. The number of hydrazine groups is 1. The van der Waals surface area contributed by atoms with Crippen LogP contribution in [0.4, 0.5) is 0 Å². The van der Waals surface area contributed by atoms with Crippen molar-refractivity contribution in [3.8, 4) is 5.75 Å². The second kappa shape index (κ2) is 7.48. The van der Waals surface area contributed by atoms with Crippen LogP contribution < -0.4 is 16.0 Å². The number of halogens is 1. The number of nitrogens with two attached hydrogens (primary N) is 1. The standard InChI is InChI=1S/C17H27ClN2O/c1-11-7-8-14(9-12(11)2)17(20-19)13(3)21-16-6-4-5-15(18)10-16/h4-6,10-14,17,20H,7-9,19H2,1-3H3. The summed E-state index contributed by atoms with van der Waals surface area (Å²) in [6, 6.07) is 7.69. The molecule has 4 heteroatoms. The van der Waals surface area contributed by atoms with Crippen LogP contribution in [-0.4, -0.2) is 12.1 Å². The zero-order valence-electron chi connectivity index (χ0n) is 13.2. The first-order valence-corrected chi connectivity index (χ1v) is 8.27. The van der Waals surface area contributed by atoms with Gasteiger partial charge in [0.2, 0.25) is 0 Å². The van der Waals surface area contributed by atoms with Gasteiger partial charge < -0.3 is 4.74 Å². The highest BCUT2D eigenvalue weighted by molar-refractivity contribution is 6.30. The topological polar surface area (TPSA) is 47.3 Å². The summed E-state index contributed by atoms with van der Waals surface area (Å²) in [7, 11) is 0. The van der Waals surface area contributed by atoms with Crippen LogP contribution in [0.15, 0.2) is 24.3 Å². The molecule has 1 aromatic rings. The van der Waals surface area contributed by atoms with Crippen molar-refractivity contribution in [2.24, 2.45) is 23.6 Å². The molecule has 0 bridgehead atoms. The van der Waals surface area contributed by atoms with Crippen molar-refractivity contribution in [1.82, 2.24) is 5.43 Å². The van der Waals surface area contributed by atoms with Crippen LogP contribution in [0, 0.1) is 17.8 Å². The largest absolute Gasteiger partial charge is 0.489 e. The molecule has 0 radical (unpaired) electrons. The maximum absolute atomic E-state index is 6.04. The van der Waals surface area contributed by atoms with Crippen LogP contribution >= 0.6 is 11.6 Å². The van der Waals surface area contributed by atoms with Gasteiger partial charge in [0.1, 0.15) is 11.9 Å². The predicted molar refractivity (Wildman–Crippen MR) is 88.3 cm³/mol. The third-order valence-corrected chi connectivity index (χ3v) is 5.20. The molecule has 0 saturated heterocycles. The van der Waals surface area contributed by atoms with E-state index in [0.29, 0.717) is 10.9 Å². The molecule has 3 N–H and O–H groups in total. The number of ether oxygens (including phenoxy) is 1. The Morgan fingerprint density at radius 1 is 1.29 bits per heavy atom. The van der Waals surface area contributed by atoms with E-state index in [4.69, 9.17) is 22.2 Å². The first-order chi connectivity index (χ1) is 10.0. The average Bonchev–Trinajstić information content (AvgIpc) is 2.43. The molecule has 1 aliphatic rings. The first kappa shape index (κ1) is 16.6. The van der Waals surface area contributed by atoms with Gasteiger partial charge in [-0.15, -0.1) is 0 Å². The molecule has 1 aliphatic carbocycles. The van der Waals surface area contributed by atoms with Crippen molar-refractivity contribution in [2.75, 3.05) is 0 Å². The second-order valence-corrected chi connectivity index (χ2v) is 6.94. The zero-order chi connectivity index (χ0) is 15.4. The molecule has 1 saturated carbocycles. The molecule has 0 aliphatic heterocycles. The van der Waals surface area contributed by atoms with Crippen LogP contribution in [0.5, 0.6) is 5.75 Å². The lowest BCUT2D eigenvalue weighted by molar-refractivity contribution is 0.0911. The fourth-order valence-corrected chi connectivity index (χ4v) is 3.58. The van der Waals surface area contributed by atoms with Gasteiger partial charge in [0.25, 0.3) is 0 Å². The zero-order valence-corrected chi connectivity index (χ0v) is 13.9. The van der Waals surface area contributed by atoms with E-state index < -0.39 is 0 Å². The molecule has 0 spiro atoms. The highest BCUT2D eigenvalue weighted by atomic mass is 35.5. The van der Waals surface area contributed by atoms with Gasteiger partial charge in [0.15, 0.2) is 0 Å². The average molecular weight is 311 g/mol. The quantitative estimate of drug-likeness (QED) is 0.638. The van der Waals surface area contributed by atoms with E-state index in [1.165, 1.54) is 19.3 Å². The molecular formula is C17H27ClN2O. The van der Waals surface area contributed by atoms with Gasteiger partial charge in [-0.1, -0.05) is 37.9 Å². The number of hydrogen-bond acceptors (Lipinski definition) is 3. The molecule has 2 rings (SSSR count). The summed E-state index contributed by atoms with van der Waals surface area (Å²) in [4.78, 5) is 0. The molecule has 118 valence electrons. The van der Waals surface area contributed by atoms with E-state index in [1.807, 2.05) is 24.3 Å². The summed E-state index contributed by atoms with van der Waals surface area (Å²) >= 11 is 6.01. The number of rotatable bonds is 5. The van der Waals surface area contributed by atoms with E-state index in [9.17, 15) is 0 Å². The van der Waals surface area contributed by atoms with Gasteiger partial charge in [0, 0.05) is 5.02 Å². The monoisotopic (exact) mass is 310 g/mol. The molecule has 0 amide bonds. The van der Waals surface area contributed by atoms with Gasteiger partial charge in [-0.25, -0.2) is 0 Å². The lowest BCUT2D eigenvalue weighted by Gasteiger charge is -2.38. The smallest absolute Gasteiger partial charge is 0.121 e. The fraction of sp³-hybridized carbons (Fsp3) is 0.647. The van der Waals surface area contributed by atoms with Crippen molar-refractivity contribution < 1.29 is 4.74 Å². The fourth-order valence-electron chi connectivity index (χ4n) is 3.40. The Morgan fingerprint density at radius 3 is 2.67 bits per heavy atom. The van der Waals surface area contributed by atoms with E-state index in [-0.39, 0.29) is 12.1 Å². The Balaban J connectivity index is 1.99. The summed E-state index contributed by atoms with van der Waals surface area (Å²) in [6.07, 6.45) is 3.70. The van der Waals surface area contributed by atoms with Crippen LogP contribution in [0.25, 0.3) is 0 Å². The minimum atomic E-state index is 0.0130. The first-order valence-electron chi connectivity index (χ1n) is 7.89. The van der Waals surface area contributed by atoms with Gasteiger partial charge in [-0.2, -0.15) is 0 Å². The van der Waals surface area contributed by atoms with E-state index >= 15 is 0 Å². The minimum absolute atomic E-state index is 0.0130. The van der Waals surface area contributed by atoms with Gasteiger partial charge in [-0.3, -0.25) is 11.3 Å². The van der Waals surface area contributed by atoms with Crippen molar-refractivity contribution >= 4 is 11.6 Å². The number of nitrogens with one attached hydrogen (secondary N) is 1. The molecule has 0 aromatic heterocycles. The predicted octanol–water partition coefficient (Wildman–Crippen LogP) is 4.01. The maximum atomic E-state index is 6.04.